The lowest BCUT2D eigenvalue weighted by atomic mass is 10.0. The molecule has 1 aromatic heterocycles. The minimum Gasteiger partial charge on any atom is -0.497 e. The molecule has 6 heteroatoms. The summed E-state index contributed by atoms with van der Waals surface area (Å²) >= 11 is 0. The Morgan fingerprint density at radius 2 is 1.85 bits per heavy atom. The Bertz CT molecular complexity index is 963. The van der Waals surface area contributed by atoms with Crippen LogP contribution in [0.15, 0.2) is 42.5 Å². The molecule has 0 bridgehead atoms. The largest absolute Gasteiger partial charge is 0.497 e. The fourth-order valence-electron chi connectivity index (χ4n) is 3.53. The van der Waals surface area contributed by atoms with Gasteiger partial charge in [0.25, 0.3) is 0 Å². The molecule has 0 atom stereocenters. The third kappa shape index (κ3) is 3.43. The Morgan fingerprint density at radius 1 is 1.11 bits per heavy atom. The van der Waals surface area contributed by atoms with E-state index in [0.717, 1.165) is 34.4 Å². The van der Waals surface area contributed by atoms with E-state index >= 15 is 0 Å². The number of rotatable bonds is 4. The molecule has 0 fully saturated rings. The Hall–Kier alpha value is -3.15. The fraction of sp³-hybridized carbons (Fsp3) is 0.286. The normalized spacial score (nSPS) is 13.3. The first kappa shape index (κ1) is 17.3. The number of hydrogen-bond donors (Lipinski definition) is 2. The molecule has 0 saturated heterocycles. The molecule has 27 heavy (non-hydrogen) atoms. The molecule has 6 nitrogen and oxygen atoms in total. The van der Waals surface area contributed by atoms with Crippen molar-refractivity contribution >= 4 is 16.9 Å². The van der Waals surface area contributed by atoms with Crippen LogP contribution in [0, 0.1) is 0 Å². The first-order chi connectivity index (χ1) is 13.2. The van der Waals surface area contributed by atoms with Gasteiger partial charge in [0, 0.05) is 48.2 Å². The predicted molar refractivity (Wildman–Crippen MR) is 104 cm³/mol. The second-order valence-electron chi connectivity index (χ2n) is 6.67. The van der Waals surface area contributed by atoms with Crippen LogP contribution in [0.25, 0.3) is 10.9 Å². The number of carbonyl (C=O) groups is 1. The third-order valence-electron chi connectivity index (χ3n) is 5.07. The zero-order valence-corrected chi connectivity index (χ0v) is 15.5. The fourth-order valence-corrected chi connectivity index (χ4v) is 3.53. The Labute approximate surface area is 158 Å². The molecule has 2 N–H and O–H groups in total. The maximum Gasteiger partial charge on any atom is 0.317 e. The Morgan fingerprint density at radius 3 is 2.59 bits per heavy atom. The van der Waals surface area contributed by atoms with Gasteiger partial charge in [-0.2, -0.15) is 0 Å². The van der Waals surface area contributed by atoms with Crippen molar-refractivity contribution in [3.8, 4) is 11.5 Å². The number of hydrogen-bond acceptors (Lipinski definition) is 3. The molecule has 1 aliphatic rings. The lowest BCUT2D eigenvalue weighted by molar-refractivity contribution is 0.192. The number of nitrogens with one attached hydrogen (secondary N) is 2. The van der Waals surface area contributed by atoms with Crippen LogP contribution in [0.4, 0.5) is 4.79 Å². The number of urea groups is 1. The SMILES string of the molecule is COc1ccc(CNC(=O)N2CCc3[nH]c4ccc(OC)cc4c3C2)cc1. The van der Waals surface area contributed by atoms with E-state index in [4.69, 9.17) is 9.47 Å². The summed E-state index contributed by atoms with van der Waals surface area (Å²) in [5, 5.41) is 4.13. The van der Waals surface area contributed by atoms with Gasteiger partial charge in [0.05, 0.1) is 14.2 Å². The Balaban J connectivity index is 1.45. The summed E-state index contributed by atoms with van der Waals surface area (Å²) in [4.78, 5) is 18.0. The summed E-state index contributed by atoms with van der Waals surface area (Å²) < 4.78 is 10.5. The molecule has 0 saturated carbocycles. The van der Waals surface area contributed by atoms with Gasteiger partial charge in [-0.05, 0) is 35.9 Å². The van der Waals surface area contributed by atoms with E-state index in [0.29, 0.717) is 19.6 Å². The lowest BCUT2D eigenvalue weighted by Gasteiger charge is -2.27. The predicted octanol–water partition coefficient (Wildman–Crippen LogP) is 3.45. The Kier molecular flexibility index (Phi) is 4.62. The average Bonchev–Trinajstić information content (AvgIpc) is 3.09. The smallest absolute Gasteiger partial charge is 0.317 e. The van der Waals surface area contributed by atoms with Crippen molar-refractivity contribution in [2.24, 2.45) is 0 Å². The van der Waals surface area contributed by atoms with Crippen LogP contribution >= 0.6 is 0 Å². The molecule has 0 aliphatic carbocycles. The first-order valence-electron chi connectivity index (χ1n) is 9.01. The van der Waals surface area contributed by atoms with Gasteiger partial charge in [0.1, 0.15) is 11.5 Å². The molecular formula is C21H23N3O3. The van der Waals surface area contributed by atoms with E-state index < -0.39 is 0 Å². The molecule has 1 aliphatic heterocycles. The minimum atomic E-state index is -0.0475. The highest BCUT2D eigenvalue weighted by atomic mass is 16.5. The number of carbonyl (C=O) groups excluding carboxylic acids is 1. The number of fused-ring (bicyclic) bond motifs is 3. The highest BCUT2D eigenvalue weighted by Crippen LogP contribution is 2.30. The van der Waals surface area contributed by atoms with E-state index in [1.54, 1.807) is 14.2 Å². The molecule has 0 radical (unpaired) electrons. The van der Waals surface area contributed by atoms with Gasteiger partial charge in [-0.25, -0.2) is 4.79 Å². The van der Waals surface area contributed by atoms with Crippen LogP contribution in [0.3, 0.4) is 0 Å². The van der Waals surface area contributed by atoms with Crippen molar-refractivity contribution in [1.29, 1.82) is 0 Å². The van der Waals surface area contributed by atoms with Crippen LogP contribution in [0.1, 0.15) is 16.8 Å². The standard InChI is InChI=1S/C21H23N3O3/c1-26-15-5-3-14(4-6-15)12-22-21(25)24-10-9-20-18(13-24)17-11-16(27-2)7-8-19(17)23-20/h3-8,11,23H,9-10,12-13H2,1-2H3,(H,22,25). The van der Waals surface area contributed by atoms with E-state index in [2.05, 4.69) is 10.3 Å². The number of amides is 2. The van der Waals surface area contributed by atoms with Gasteiger partial charge in [0.15, 0.2) is 0 Å². The number of methoxy groups -OCH3 is 2. The minimum absolute atomic E-state index is 0.0475. The van der Waals surface area contributed by atoms with Crippen LogP contribution in [0.5, 0.6) is 11.5 Å². The number of aromatic amines is 1. The zero-order valence-electron chi connectivity index (χ0n) is 15.5. The molecule has 3 aromatic rings. The van der Waals surface area contributed by atoms with E-state index in [1.807, 2.05) is 47.4 Å². The lowest BCUT2D eigenvalue weighted by Crippen LogP contribution is -2.42. The van der Waals surface area contributed by atoms with Crippen LogP contribution in [0.2, 0.25) is 0 Å². The molecule has 2 heterocycles. The van der Waals surface area contributed by atoms with Gasteiger partial charge >= 0.3 is 6.03 Å². The molecule has 0 spiro atoms. The number of nitrogens with zero attached hydrogens (tertiary/aromatic N) is 1. The maximum absolute atomic E-state index is 12.6. The molecule has 2 aromatic carbocycles. The third-order valence-corrected chi connectivity index (χ3v) is 5.07. The molecular weight excluding hydrogens is 342 g/mol. The van der Waals surface area contributed by atoms with Crippen molar-refractivity contribution in [3.63, 3.8) is 0 Å². The number of ether oxygens (including phenoxy) is 2. The van der Waals surface area contributed by atoms with Gasteiger partial charge in [-0.3, -0.25) is 0 Å². The average molecular weight is 365 g/mol. The summed E-state index contributed by atoms with van der Waals surface area (Å²) in [6, 6.07) is 13.7. The number of H-pyrrole nitrogens is 1. The second-order valence-corrected chi connectivity index (χ2v) is 6.67. The first-order valence-corrected chi connectivity index (χ1v) is 9.01. The van der Waals surface area contributed by atoms with E-state index in [-0.39, 0.29) is 6.03 Å². The second kappa shape index (κ2) is 7.23. The highest BCUT2D eigenvalue weighted by molar-refractivity contribution is 5.87. The highest BCUT2D eigenvalue weighted by Gasteiger charge is 2.24. The van der Waals surface area contributed by atoms with E-state index in [9.17, 15) is 4.79 Å². The van der Waals surface area contributed by atoms with Gasteiger partial charge in [-0.15, -0.1) is 0 Å². The van der Waals surface area contributed by atoms with Crippen molar-refractivity contribution in [2.75, 3.05) is 20.8 Å². The molecule has 0 unspecified atom stereocenters. The van der Waals surface area contributed by atoms with Gasteiger partial charge < -0.3 is 24.7 Å². The van der Waals surface area contributed by atoms with Crippen molar-refractivity contribution < 1.29 is 14.3 Å². The summed E-state index contributed by atoms with van der Waals surface area (Å²) in [6.07, 6.45) is 0.822. The van der Waals surface area contributed by atoms with Crippen molar-refractivity contribution in [1.82, 2.24) is 15.2 Å². The number of benzene rings is 2. The summed E-state index contributed by atoms with van der Waals surface area (Å²) in [6.45, 7) is 1.79. The quantitative estimate of drug-likeness (QED) is 0.744. The van der Waals surface area contributed by atoms with Crippen LogP contribution < -0.4 is 14.8 Å². The summed E-state index contributed by atoms with van der Waals surface area (Å²) in [5.41, 5.74) is 4.51. The van der Waals surface area contributed by atoms with Crippen LogP contribution in [-0.2, 0) is 19.5 Å². The summed E-state index contributed by atoms with van der Waals surface area (Å²) in [5.74, 6) is 1.63. The van der Waals surface area contributed by atoms with Gasteiger partial charge in [-0.1, -0.05) is 12.1 Å². The number of aromatic nitrogens is 1. The molecule has 4 rings (SSSR count). The zero-order chi connectivity index (χ0) is 18.8. The van der Waals surface area contributed by atoms with Crippen molar-refractivity contribution in [2.45, 2.75) is 19.5 Å². The molecule has 140 valence electrons. The monoisotopic (exact) mass is 365 g/mol. The maximum atomic E-state index is 12.6. The van der Waals surface area contributed by atoms with Gasteiger partial charge in [0.2, 0.25) is 0 Å². The topological polar surface area (TPSA) is 66.6 Å². The van der Waals surface area contributed by atoms with Crippen LogP contribution in [-0.4, -0.2) is 36.7 Å². The molecule has 2 amide bonds. The van der Waals surface area contributed by atoms with Crippen molar-refractivity contribution in [3.05, 3.63) is 59.3 Å². The van der Waals surface area contributed by atoms with E-state index in [1.165, 1.54) is 11.3 Å². The summed E-state index contributed by atoms with van der Waals surface area (Å²) in [7, 11) is 3.31.